The molecule has 7 heteroatoms. The van der Waals surface area contributed by atoms with Crippen molar-refractivity contribution in [3.8, 4) is 17.2 Å². The molecule has 0 aromatic heterocycles. The van der Waals surface area contributed by atoms with Crippen LogP contribution < -0.4 is 0 Å². The molecule has 0 unspecified atom stereocenters. The number of aliphatic hydroxyl groups is 1. The summed E-state index contributed by atoms with van der Waals surface area (Å²) in [5, 5.41) is 35.1. The SMILES string of the molecule is OC(=S)c1cc(O)c(O)c(O)c1.[CaH2].[SrH2]. The number of benzene rings is 1. The molecule has 0 saturated heterocycles. The molecule has 4 N–H and O–H groups in total. The Morgan fingerprint density at radius 2 is 1.43 bits per heavy atom. The van der Waals surface area contributed by atoms with Crippen LogP contribution in [-0.2, 0) is 0 Å². The van der Waals surface area contributed by atoms with E-state index in [2.05, 4.69) is 12.2 Å². The monoisotopic (exact) mass is 318 g/mol. The van der Waals surface area contributed by atoms with Crippen LogP contribution >= 0.6 is 12.2 Å². The van der Waals surface area contributed by atoms with Gasteiger partial charge in [0.25, 0.3) is 0 Å². The molecule has 0 bridgehead atoms. The zero-order valence-corrected chi connectivity index (χ0v) is 6.67. The van der Waals surface area contributed by atoms with Crippen LogP contribution in [0.4, 0.5) is 0 Å². The molecule has 1 rings (SSSR count). The Morgan fingerprint density at radius 3 is 1.71 bits per heavy atom. The summed E-state index contributed by atoms with van der Waals surface area (Å²) >= 11 is 4.38. The van der Waals surface area contributed by atoms with E-state index in [1.165, 1.54) is 0 Å². The van der Waals surface area contributed by atoms with Crippen LogP contribution in [0.25, 0.3) is 0 Å². The molecule has 14 heavy (non-hydrogen) atoms. The molecule has 0 atom stereocenters. The minimum atomic E-state index is -0.630. The second kappa shape index (κ2) is 7.51. The first-order valence-corrected chi connectivity index (χ1v) is 3.41. The topological polar surface area (TPSA) is 80.9 Å². The van der Waals surface area contributed by atoms with Gasteiger partial charge in [-0.2, -0.15) is 0 Å². The van der Waals surface area contributed by atoms with E-state index in [9.17, 15) is 0 Å². The van der Waals surface area contributed by atoms with Gasteiger partial charge in [0.05, 0.1) is 0 Å². The van der Waals surface area contributed by atoms with E-state index in [-0.39, 0.29) is 88.8 Å². The van der Waals surface area contributed by atoms with Gasteiger partial charge >= 0.3 is 83.2 Å². The van der Waals surface area contributed by atoms with Crippen molar-refractivity contribution in [1.82, 2.24) is 0 Å². The number of thiocarbonyl (C=S) groups is 1. The van der Waals surface area contributed by atoms with Crippen LogP contribution in [0.15, 0.2) is 12.1 Å². The first-order valence-electron chi connectivity index (χ1n) is 3.00. The third-order valence-corrected chi connectivity index (χ3v) is 1.55. The van der Waals surface area contributed by atoms with Crippen LogP contribution in [0, 0.1) is 0 Å². The van der Waals surface area contributed by atoms with Gasteiger partial charge in [-0.15, -0.1) is 0 Å². The van der Waals surface area contributed by atoms with Gasteiger partial charge in [-0.3, -0.25) is 0 Å². The van der Waals surface area contributed by atoms with Crippen molar-refractivity contribution < 1.29 is 20.4 Å². The fourth-order valence-electron chi connectivity index (χ4n) is 0.728. The van der Waals surface area contributed by atoms with Crippen LogP contribution in [-0.4, -0.2) is 109 Å². The first-order chi connectivity index (χ1) is 5.52. The Bertz CT molecular complexity index is 321. The molecule has 4 nitrogen and oxygen atoms in total. The third-order valence-electron chi connectivity index (χ3n) is 1.32. The van der Waals surface area contributed by atoms with Crippen LogP contribution in [0.3, 0.4) is 0 Å². The van der Waals surface area contributed by atoms with E-state index in [0.717, 1.165) is 12.1 Å². The fraction of sp³-hybridized carbons (Fsp3) is 0. The molecule has 0 aliphatic rings. The molecule has 0 heterocycles. The van der Waals surface area contributed by atoms with Crippen molar-refractivity contribution in [2.75, 3.05) is 0 Å². The number of aromatic hydroxyl groups is 3. The summed E-state index contributed by atoms with van der Waals surface area (Å²) in [6, 6.07) is 2.11. The molecular formula is C7H10CaO4SSr. The Kier molecular flexibility index (Phi) is 9.46. The molecule has 72 valence electrons. The van der Waals surface area contributed by atoms with E-state index in [1.807, 2.05) is 0 Å². The number of hydrogen-bond donors (Lipinski definition) is 4. The molecular weight excluding hydrogens is 308 g/mol. The van der Waals surface area contributed by atoms with E-state index in [1.54, 1.807) is 0 Å². The Labute approximate surface area is 153 Å². The van der Waals surface area contributed by atoms with Gasteiger partial charge in [0.2, 0.25) is 0 Å². The molecule has 1 aromatic rings. The van der Waals surface area contributed by atoms with Crippen molar-refractivity contribution in [1.29, 1.82) is 0 Å². The van der Waals surface area contributed by atoms with Crippen LogP contribution in [0.1, 0.15) is 5.56 Å². The number of aliphatic hydroxyl groups excluding tert-OH is 1. The minimum absolute atomic E-state index is 0. The molecule has 0 radical (unpaired) electrons. The van der Waals surface area contributed by atoms with Crippen LogP contribution in [0.2, 0.25) is 0 Å². The average Bonchev–Trinajstić information content (AvgIpc) is 1.99. The second-order valence-electron chi connectivity index (χ2n) is 2.17. The maximum atomic E-state index is 8.95. The summed E-state index contributed by atoms with van der Waals surface area (Å²) in [7, 11) is 0. The molecule has 0 aliphatic heterocycles. The normalized spacial score (nSPS) is 8.29. The Morgan fingerprint density at radius 1 is 1.07 bits per heavy atom. The van der Waals surface area contributed by atoms with E-state index >= 15 is 0 Å². The summed E-state index contributed by atoms with van der Waals surface area (Å²) in [4.78, 5) is 0. The number of phenols is 3. The Hall–Kier alpha value is 1.25. The number of phenolic OH excluding ortho intramolecular Hbond substituents is 3. The van der Waals surface area contributed by atoms with Gasteiger partial charge in [0.15, 0.2) is 22.3 Å². The third kappa shape index (κ3) is 4.40. The first kappa shape index (κ1) is 17.6. The van der Waals surface area contributed by atoms with Crippen molar-refractivity contribution >= 4 is 100 Å². The molecule has 0 saturated carbocycles. The van der Waals surface area contributed by atoms with Crippen molar-refractivity contribution in [2.24, 2.45) is 0 Å². The molecule has 0 spiro atoms. The van der Waals surface area contributed by atoms with E-state index in [4.69, 9.17) is 20.4 Å². The summed E-state index contributed by atoms with van der Waals surface area (Å²) in [6.07, 6.45) is 0. The van der Waals surface area contributed by atoms with Gasteiger partial charge in [-0.05, 0) is 24.4 Å². The number of hydrogen-bond acceptors (Lipinski definition) is 4. The summed E-state index contributed by atoms with van der Waals surface area (Å²) in [5.74, 6) is -1.68. The summed E-state index contributed by atoms with van der Waals surface area (Å²) in [5.41, 5.74) is 0.0813. The van der Waals surface area contributed by atoms with Gasteiger partial charge in [0, 0.05) is 5.56 Å². The predicted molar refractivity (Wildman–Crippen MR) is 62.9 cm³/mol. The molecule has 1 aromatic carbocycles. The van der Waals surface area contributed by atoms with Gasteiger partial charge in [0.1, 0.15) is 0 Å². The molecule has 0 amide bonds. The van der Waals surface area contributed by atoms with Gasteiger partial charge in [-0.1, -0.05) is 0 Å². The summed E-state index contributed by atoms with van der Waals surface area (Å²) < 4.78 is 0. The fourth-order valence-corrected chi connectivity index (χ4v) is 0.846. The van der Waals surface area contributed by atoms with Crippen molar-refractivity contribution in [3.05, 3.63) is 17.7 Å². The van der Waals surface area contributed by atoms with Crippen molar-refractivity contribution in [3.63, 3.8) is 0 Å². The van der Waals surface area contributed by atoms with Gasteiger partial charge < -0.3 is 20.4 Å². The zero-order valence-electron chi connectivity index (χ0n) is 5.85. The zero-order chi connectivity index (χ0) is 9.30. The van der Waals surface area contributed by atoms with Crippen LogP contribution in [0.5, 0.6) is 17.2 Å². The quantitative estimate of drug-likeness (QED) is 0.310. The van der Waals surface area contributed by atoms with E-state index < -0.39 is 22.3 Å². The number of rotatable bonds is 1. The maximum absolute atomic E-state index is 8.95. The summed E-state index contributed by atoms with van der Waals surface area (Å²) in [6.45, 7) is 0. The van der Waals surface area contributed by atoms with Gasteiger partial charge in [-0.25, -0.2) is 0 Å². The standard InChI is InChI=1S/C7H6O4S.Ca.Sr.4H/c8-4-1-3(7(11)12)2-5(9)6(4)10;;;;;;/h1-2,8-10H,(H,11,12);;;;;;. The van der Waals surface area contributed by atoms with E-state index in [0.29, 0.717) is 0 Å². The second-order valence-corrected chi connectivity index (χ2v) is 2.55. The molecule has 0 fully saturated rings. The Balaban J connectivity index is 0. The van der Waals surface area contributed by atoms with Crippen molar-refractivity contribution in [2.45, 2.75) is 0 Å². The average molecular weight is 318 g/mol. The molecule has 0 aliphatic carbocycles. The predicted octanol–water partition coefficient (Wildman–Crippen LogP) is -0.796.